The summed E-state index contributed by atoms with van der Waals surface area (Å²) < 4.78 is 5.73. The van der Waals surface area contributed by atoms with Gasteiger partial charge in [-0.05, 0) is 55.8 Å². The van der Waals surface area contributed by atoms with Crippen LogP contribution in [0.4, 0.5) is 11.4 Å². The summed E-state index contributed by atoms with van der Waals surface area (Å²) in [6, 6.07) is 13.4. The number of pyridine rings is 1. The number of hydrogen-bond acceptors (Lipinski definition) is 6. The highest BCUT2D eigenvalue weighted by Gasteiger charge is 2.19. The van der Waals surface area contributed by atoms with E-state index in [1.165, 1.54) is 12.1 Å². The maximum atomic E-state index is 12.7. The molecule has 2 aromatic carbocycles. The molecule has 0 bridgehead atoms. The molecule has 29 heavy (non-hydrogen) atoms. The second-order valence-corrected chi connectivity index (χ2v) is 6.53. The zero-order valence-corrected chi connectivity index (χ0v) is 15.7. The van der Waals surface area contributed by atoms with Gasteiger partial charge in [-0.3, -0.25) is 14.9 Å². The molecule has 0 aliphatic heterocycles. The molecular formula is C21H16N4O4. The largest absolute Gasteiger partial charge is 0.434 e. The lowest BCUT2D eigenvalue weighted by atomic mass is 10.1. The summed E-state index contributed by atoms with van der Waals surface area (Å²) in [6.07, 6.45) is 1.65. The Hall–Kier alpha value is -4.07. The zero-order chi connectivity index (χ0) is 20.5. The Morgan fingerprint density at radius 2 is 1.97 bits per heavy atom. The van der Waals surface area contributed by atoms with Gasteiger partial charge < -0.3 is 9.73 Å². The lowest BCUT2D eigenvalue weighted by molar-refractivity contribution is -0.385. The van der Waals surface area contributed by atoms with Gasteiger partial charge in [0, 0.05) is 34.6 Å². The van der Waals surface area contributed by atoms with Crippen LogP contribution in [0.5, 0.6) is 0 Å². The first-order valence-electron chi connectivity index (χ1n) is 8.82. The highest BCUT2D eigenvalue weighted by Crippen LogP contribution is 2.28. The number of oxazole rings is 1. The number of nitro groups is 1. The van der Waals surface area contributed by atoms with Crippen molar-refractivity contribution in [1.29, 1.82) is 0 Å². The summed E-state index contributed by atoms with van der Waals surface area (Å²) in [5, 5.41) is 13.9. The van der Waals surface area contributed by atoms with Crippen LogP contribution in [0.15, 0.2) is 59.1 Å². The highest BCUT2D eigenvalue weighted by molar-refractivity contribution is 6.06. The van der Waals surface area contributed by atoms with E-state index in [0.717, 1.165) is 11.1 Å². The molecule has 8 nitrogen and oxygen atoms in total. The number of carbonyl (C=O) groups is 1. The molecule has 0 fully saturated rings. The summed E-state index contributed by atoms with van der Waals surface area (Å²) in [6.45, 7) is 3.41. The summed E-state index contributed by atoms with van der Waals surface area (Å²) >= 11 is 0. The number of nitro benzene ring substituents is 1. The highest BCUT2D eigenvalue weighted by atomic mass is 16.6. The predicted molar refractivity (Wildman–Crippen MR) is 108 cm³/mol. The van der Waals surface area contributed by atoms with Gasteiger partial charge in [0.05, 0.1) is 4.92 Å². The number of hydrogen-bond donors (Lipinski definition) is 1. The number of amides is 1. The molecular weight excluding hydrogens is 372 g/mol. The van der Waals surface area contributed by atoms with Crippen LogP contribution < -0.4 is 5.32 Å². The van der Waals surface area contributed by atoms with Crippen molar-refractivity contribution in [3.63, 3.8) is 0 Å². The molecule has 144 valence electrons. The maximum Gasteiger partial charge on any atom is 0.273 e. The summed E-state index contributed by atoms with van der Waals surface area (Å²) in [7, 11) is 0. The van der Waals surface area contributed by atoms with Crippen LogP contribution in [0.2, 0.25) is 0 Å². The number of benzene rings is 2. The molecule has 0 radical (unpaired) electrons. The van der Waals surface area contributed by atoms with Gasteiger partial charge >= 0.3 is 0 Å². The quantitative estimate of drug-likeness (QED) is 0.402. The topological polar surface area (TPSA) is 111 Å². The molecule has 1 N–H and O–H groups in total. The number of rotatable bonds is 4. The van der Waals surface area contributed by atoms with Crippen LogP contribution >= 0.6 is 0 Å². The van der Waals surface area contributed by atoms with E-state index in [1.807, 2.05) is 13.0 Å². The first kappa shape index (κ1) is 18.3. The van der Waals surface area contributed by atoms with Gasteiger partial charge in [0.1, 0.15) is 0 Å². The third-order valence-electron chi connectivity index (χ3n) is 4.63. The molecule has 4 rings (SSSR count). The monoisotopic (exact) mass is 388 g/mol. The lowest BCUT2D eigenvalue weighted by Gasteiger charge is -2.11. The van der Waals surface area contributed by atoms with E-state index in [9.17, 15) is 14.9 Å². The van der Waals surface area contributed by atoms with Crippen LogP contribution in [0.25, 0.3) is 22.7 Å². The van der Waals surface area contributed by atoms with E-state index in [0.29, 0.717) is 28.4 Å². The maximum absolute atomic E-state index is 12.7. The van der Waals surface area contributed by atoms with E-state index >= 15 is 0 Å². The average molecular weight is 388 g/mol. The number of anilines is 1. The molecule has 2 aromatic heterocycles. The minimum absolute atomic E-state index is 0.0886. The van der Waals surface area contributed by atoms with E-state index in [1.54, 1.807) is 43.5 Å². The number of nitrogens with zero attached hydrogens (tertiary/aromatic N) is 3. The Kier molecular flexibility index (Phi) is 4.52. The van der Waals surface area contributed by atoms with Gasteiger partial charge in [-0.15, -0.1) is 0 Å². The predicted octanol–water partition coefficient (Wildman–Crippen LogP) is 4.67. The third kappa shape index (κ3) is 3.43. The van der Waals surface area contributed by atoms with Gasteiger partial charge in [0.2, 0.25) is 5.89 Å². The van der Waals surface area contributed by atoms with Gasteiger partial charge in [-0.2, -0.15) is 4.98 Å². The molecule has 4 aromatic rings. The van der Waals surface area contributed by atoms with E-state index < -0.39 is 10.8 Å². The summed E-state index contributed by atoms with van der Waals surface area (Å²) in [5.41, 5.74) is 3.76. The molecule has 0 unspecified atom stereocenters. The minimum Gasteiger partial charge on any atom is -0.434 e. The SMILES string of the molecule is Cc1cc(-c2nc3ncccc3o2)ccc1NC(=O)c1cccc([N+](=O)[O-])c1C. The van der Waals surface area contributed by atoms with Crippen molar-refractivity contribution in [3.8, 4) is 11.5 Å². The smallest absolute Gasteiger partial charge is 0.273 e. The van der Waals surface area contributed by atoms with E-state index in [-0.39, 0.29) is 11.3 Å². The van der Waals surface area contributed by atoms with Crippen LogP contribution in [0.1, 0.15) is 21.5 Å². The molecule has 0 aliphatic rings. The number of fused-ring (bicyclic) bond motifs is 1. The zero-order valence-electron chi connectivity index (χ0n) is 15.7. The molecule has 2 heterocycles. The molecule has 0 spiro atoms. The van der Waals surface area contributed by atoms with E-state index in [2.05, 4.69) is 15.3 Å². The third-order valence-corrected chi connectivity index (χ3v) is 4.63. The van der Waals surface area contributed by atoms with E-state index in [4.69, 9.17) is 4.42 Å². The molecule has 8 heteroatoms. The normalized spacial score (nSPS) is 10.8. The Morgan fingerprint density at radius 1 is 1.14 bits per heavy atom. The first-order valence-corrected chi connectivity index (χ1v) is 8.82. The Bertz CT molecular complexity index is 1230. The molecule has 0 saturated heterocycles. The van der Waals surface area contributed by atoms with Crippen molar-refractivity contribution in [2.24, 2.45) is 0 Å². The van der Waals surface area contributed by atoms with Crippen LogP contribution in [0, 0.1) is 24.0 Å². The minimum atomic E-state index is -0.499. The fourth-order valence-electron chi connectivity index (χ4n) is 3.09. The van der Waals surface area contributed by atoms with Crippen molar-refractivity contribution in [3.05, 3.63) is 81.5 Å². The lowest BCUT2D eigenvalue weighted by Crippen LogP contribution is -2.14. The van der Waals surface area contributed by atoms with Crippen LogP contribution in [-0.2, 0) is 0 Å². The van der Waals surface area contributed by atoms with Crippen molar-refractivity contribution < 1.29 is 14.1 Å². The van der Waals surface area contributed by atoms with Crippen LogP contribution in [0.3, 0.4) is 0 Å². The van der Waals surface area contributed by atoms with Crippen molar-refractivity contribution in [1.82, 2.24) is 9.97 Å². The Balaban J connectivity index is 1.61. The van der Waals surface area contributed by atoms with Crippen LogP contribution in [-0.4, -0.2) is 20.8 Å². The number of aryl methyl sites for hydroxylation is 1. The van der Waals surface area contributed by atoms with Crippen molar-refractivity contribution >= 4 is 28.5 Å². The molecule has 0 aliphatic carbocycles. The second kappa shape index (κ2) is 7.16. The van der Waals surface area contributed by atoms with Gasteiger partial charge in [-0.1, -0.05) is 6.07 Å². The second-order valence-electron chi connectivity index (χ2n) is 6.53. The number of nitrogens with one attached hydrogen (secondary N) is 1. The number of aromatic nitrogens is 2. The molecule has 0 saturated carbocycles. The Morgan fingerprint density at radius 3 is 2.69 bits per heavy atom. The van der Waals surface area contributed by atoms with Gasteiger partial charge in [-0.25, -0.2) is 4.98 Å². The summed E-state index contributed by atoms with van der Waals surface area (Å²) in [5.74, 6) is 0.0299. The fraction of sp³-hybridized carbons (Fsp3) is 0.0952. The number of carbonyl (C=O) groups excluding carboxylic acids is 1. The van der Waals surface area contributed by atoms with Gasteiger partial charge in [0.15, 0.2) is 11.2 Å². The average Bonchev–Trinajstić information content (AvgIpc) is 3.13. The Labute approximate surface area is 165 Å². The molecule has 1 amide bonds. The van der Waals surface area contributed by atoms with Crippen molar-refractivity contribution in [2.45, 2.75) is 13.8 Å². The van der Waals surface area contributed by atoms with Gasteiger partial charge in [0.25, 0.3) is 11.6 Å². The summed E-state index contributed by atoms with van der Waals surface area (Å²) in [4.78, 5) is 31.8. The first-order chi connectivity index (χ1) is 13.9. The van der Waals surface area contributed by atoms with Crippen molar-refractivity contribution in [2.75, 3.05) is 5.32 Å². The fourth-order valence-corrected chi connectivity index (χ4v) is 3.09. The standard InChI is InChI=1S/C21H16N4O4/c1-12-11-14(21-24-19-18(29-21)7-4-10-22-19)8-9-16(12)23-20(26)15-5-3-6-17(13(15)2)25(27)28/h3-11H,1-2H3,(H,23,26). The molecule has 0 atom stereocenters.